The highest BCUT2D eigenvalue weighted by Crippen LogP contribution is 2.03. The predicted octanol–water partition coefficient (Wildman–Crippen LogP) is 2.95. The molecule has 0 N–H and O–H groups in total. The second-order valence-electron chi connectivity index (χ2n) is 2.38. The van der Waals surface area contributed by atoms with Crippen LogP contribution in [0.3, 0.4) is 0 Å². The average Bonchev–Trinajstić information content (AvgIpc) is 2.04. The van der Waals surface area contributed by atoms with E-state index >= 15 is 0 Å². The van der Waals surface area contributed by atoms with Gasteiger partial charge in [-0.3, -0.25) is 0 Å². The van der Waals surface area contributed by atoms with Gasteiger partial charge in [-0.05, 0) is 25.1 Å². The van der Waals surface area contributed by atoms with Crippen LogP contribution in [0.2, 0.25) is 0 Å². The molecule has 0 aliphatic rings. The smallest absolute Gasteiger partial charge is 0.00430 e. The molecule has 0 aromatic heterocycles. The summed E-state index contributed by atoms with van der Waals surface area (Å²) in [4.78, 5) is 0. The number of hydrogen-bond donors (Lipinski definition) is 0. The molecule has 0 spiro atoms. The van der Waals surface area contributed by atoms with E-state index in [0.29, 0.717) is 0 Å². The molecule has 0 heteroatoms. The van der Waals surface area contributed by atoms with Crippen LogP contribution in [-0.2, 0) is 0 Å². The van der Waals surface area contributed by atoms with Gasteiger partial charge in [-0.2, -0.15) is 0 Å². The molecule has 0 radical (unpaired) electrons. The fraction of sp³-hybridized carbons (Fsp3) is 0.0909. The van der Waals surface area contributed by atoms with Crippen LogP contribution in [0.5, 0.6) is 0 Å². The van der Waals surface area contributed by atoms with Crippen molar-refractivity contribution in [2.75, 3.05) is 0 Å². The molecule has 0 amide bonds. The summed E-state index contributed by atoms with van der Waals surface area (Å²) in [7, 11) is 0. The Labute approximate surface area is 67.2 Å². The maximum absolute atomic E-state index is 3.43. The zero-order chi connectivity index (χ0) is 8.10. The Kier molecular flexibility index (Phi) is 2.52. The largest absolute Gasteiger partial charge is 0.0781 e. The zero-order valence-electron chi connectivity index (χ0n) is 6.59. The molecule has 1 rings (SSSR count). The second-order valence-corrected chi connectivity index (χ2v) is 2.38. The minimum atomic E-state index is 1.13. The fourth-order valence-electron chi connectivity index (χ4n) is 0.797. The normalized spacial score (nSPS) is 8.09. The van der Waals surface area contributed by atoms with E-state index in [2.05, 4.69) is 37.1 Å². The van der Waals surface area contributed by atoms with Crippen LogP contribution in [0, 0.1) is 6.92 Å². The first-order chi connectivity index (χ1) is 5.33. The van der Waals surface area contributed by atoms with Gasteiger partial charge in [0, 0.05) is 0 Å². The minimum absolute atomic E-state index is 1.13. The quantitative estimate of drug-likeness (QED) is 0.529. The first-order valence-electron chi connectivity index (χ1n) is 3.50. The molecule has 0 heterocycles. The van der Waals surface area contributed by atoms with Gasteiger partial charge in [-0.25, -0.2) is 0 Å². The van der Waals surface area contributed by atoms with Gasteiger partial charge in [0.15, 0.2) is 0 Å². The molecule has 0 unspecified atom stereocenters. The fourth-order valence-corrected chi connectivity index (χ4v) is 0.797. The van der Waals surface area contributed by atoms with Crippen LogP contribution in [0.15, 0.2) is 42.3 Å². The lowest BCUT2D eigenvalue weighted by atomic mass is 10.1. The van der Waals surface area contributed by atoms with Gasteiger partial charge in [0.05, 0.1) is 0 Å². The van der Waals surface area contributed by atoms with Crippen LogP contribution in [0.1, 0.15) is 11.1 Å². The van der Waals surface area contributed by atoms with Crippen molar-refractivity contribution in [2.45, 2.75) is 6.92 Å². The number of benzene rings is 1. The number of hydrogen-bond acceptors (Lipinski definition) is 0. The van der Waals surface area contributed by atoms with Crippen LogP contribution >= 0.6 is 0 Å². The summed E-state index contributed by atoms with van der Waals surface area (Å²) in [6, 6.07) is 8.21. The minimum Gasteiger partial charge on any atom is -0.0781 e. The van der Waals surface area contributed by atoms with Crippen molar-refractivity contribution in [3.63, 3.8) is 0 Å². The van der Waals surface area contributed by atoms with E-state index in [1.54, 1.807) is 0 Å². The van der Waals surface area contributed by atoms with E-state index in [4.69, 9.17) is 0 Å². The Balaban J connectivity index is 2.99. The van der Waals surface area contributed by atoms with Crippen LogP contribution < -0.4 is 0 Å². The topological polar surface area (TPSA) is 0 Å². The summed E-state index contributed by atoms with van der Waals surface area (Å²) in [5, 5.41) is 0. The Morgan fingerprint density at radius 1 is 1.27 bits per heavy atom. The molecule has 0 bridgehead atoms. The lowest BCUT2D eigenvalue weighted by Crippen LogP contribution is -1.71. The van der Waals surface area contributed by atoms with Crippen molar-refractivity contribution in [3.8, 4) is 0 Å². The third-order valence-corrected chi connectivity index (χ3v) is 1.42. The third kappa shape index (κ3) is 2.31. The van der Waals surface area contributed by atoms with Gasteiger partial charge < -0.3 is 0 Å². The summed E-state index contributed by atoms with van der Waals surface area (Å²) < 4.78 is 0. The molecular formula is C11H10. The molecule has 0 aliphatic heterocycles. The van der Waals surface area contributed by atoms with Crippen molar-refractivity contribution in [3.05, 3.63) is 53.4 Å². The molecule has 1 aromatic carbocycles. The van der Waals surface area contributed by atoms with Gasteiger partial charge in [-0.15, -0.1) is 0 Å². The van der Waals surface area contributed by atoms with Crippen molar-refractivity contribution < 1.29 is 0 Å². The summed E-state index contributed by atoms with van der Waals surface area (Å²) in [5.74, 6) is 0. The van der Waals surface area contributed by atoms with E-state index in [9.17, 15) is 0 Å². The SMILES string of the molecule is C=C=C=Cc1ccc(C)cc1. The second kappa shape index (κ2) is 3.63. The molecular weight excluding hydrogens is 132 g/mol. The van der Waals surface area contributed by atoms with Crippen LogP contribution in [-0.4, -0.2) is 0 Å². The van der Waals surface area contributed by atoms with Gasteiger partial charge in [0.25, 0.3) is 0 Å². The number of rotatable bonds is 1. The van der Waals surface area contributed by atoms with E-state index in [0.717, 1.165) is 5.56 Å². The Bertz CT molecular complexity index is 304. The molecule has 0 fully saturated rings. The van der Waals surface area contributed by atoms with E-state index in [1.165, 1.54) is 5.56 Å². The Morgan fingerprint density at radius 2 is 1.91 bits per heavy atom. The van der Waals surface area contributed by atoms with Crippen molar-refractivity contribution >= 4 is 6.08 Å². The molecule has 1 aromatic rings. The van der Waals surface area contributed by atoms with Crippen LogP contribution in [0.4, 0.5) is 0 Å². The molecule has 0 saturated carbocycles. The lowest BCUT2D eigenvalue weighted by molar-refractivity contribution is 1.46. The standard InChI is InChI=1S/C11H10/c1-3-4-5-11-8-6-10(2)7-9-11/h5-9H,1H2,2H3. The Morgan fingerprint density at radius 3 is 2.45 bits per heavy atom. The van der Waals surface area contributed by atoms with E-state index in [1.807, 2.05) is 18.2 Å². The molecule has 0 aliphatic carbocycles. The zero-order valence-corrected chi connectivity index (χ0v) is 6.59. The van der Waals surface area contributed by atoms with Gasteiger partial charge in [0.2, 0.25) is 0 Å². The van der Waals surface area contributed by atoms with Gasteiger partial charge >= 0.3 is 0 Å². The molecule has 0 saturated heterocycles. The van der Waals surface area contributed by atoms with Crippen molar-refractivity contribution in [1.29, 1.82) is 0 Å². The van der Waals surface area contributed by atoms with Gasteiger partial charge in [-0.1, -0.05) is 41.3 Å². The Hall–Kier alpha value is -1.48. The van der Waals surface area contributed by atoms with Crippen molar-refractivity contribution in [2.24, 2.45) is 0 Å². The van der Waals surface area contributed by atoms with Gasteiger partial charge in [0.1, 0.15) is 0 Å². The predicted molar refractivity (Wildman–Crippen MR) is 48.3 cm³/mol. The lowest BCUT2D eigenvalue weighted by Gasteiger charge is -1.91. The maximum atomic E-state index is 3.43. The van der Waals surface area contributed by atoms with Crippen LogP contribution in [0.25, 0.3) is 6.08 Å². The molecule has 0 nitrogen and oxygen atoms in total. The maximum Gasteiger partial charge on any atom is -0.00430 e. The first kappa shape index (κ1) is 7.63. The molecule has 54 valence electrons. The van der Waals surface area contributed by atoms with Crippen molar-refractivity contribution in [1.82, 2.24) is 0 Å². The van der Waals surface area contributed by atoms with E-state index in [-0.39, 0.29) is 0 Å². The van der Waals surface area contributed by atoms with E-state index < -0.39 is 0 Å². The summed E-state index contributed by atoms with van der Waals surface area (Å²) >= 11 is 0. The third-order valence-electron chi connectivity index (χ3n) is 1.42. The average molecular weight is 142 g/mol. The summed E-state index contributed by atoms with van der Waals surface area (Å²) in [5.41, 5.74) is 7.77. The molecule has 11 heavy (non-hydrogen) atoms. The highest BCUT2D eigenvalue weighted by atomic mass is 13.9. The molecule has 0 atom stereocenters. The monoisotopic (exact) mass is 142 g/mol. The summed E-state index contributed by atoms with van der Waals surface area (Å²) in [6.45, 7) is 5.49. The highest BCUT2D eigenvalue weighted by molar-refractivity contribution is 5.48. The first-order valence-corrected chi connectivity index (χ1v) is 3.50. The summed E-state index contributed by atoms with van der Waals surface area (Å²) in [6.07, 6.45) is 1.85. The number of aryl methyl sites for hydroxylation is 1. The highest BCUT2D eigenvalue weighted by Gasteiger charge is 1.83.